The number of benzene rings is 2. The van der Waals surface area contributed by atoms with Crippen molar-refractivity contribution in [2.24, 2.45) is 5.41 Å². The monoisotopic (exact) mass is 470 g/mol. The first-order chi connectivity index (χ1) is 15.5. The van der Waals surface area contributed by atoms with Crippen molar-refractivity contribution in [2.45, 2.75) is 78.4 Å². The molecule has 0 spiro atoms. The second kappa shape index (κ2) is 12.0. The van der Waals surface area contributed by atoms with Crippen LogP contribution in [-0.4, -0.2) is 38.7 Å². The van der Waals surface area contributed by atoms with E-state index in [1.165, 1.54) is 10.4 Å². The Balaban J connectivity index is 1.99. The molecule has 2 aromatic carbocycles. The summed E-state index contributed by atoms with van der Waals surface area (Å²) >= 11 is 0. The Labute approximate surface area is 201 Å². The molecule has 0 aliphatic carbocycles. The highest BCUT2D eigenvalue weighted by Crippen LogP contribution is 2.36. The third kappa shape index (κ3) is 7.52. The molecule has 0 aromatic heterocycles. The Morgan fingerprint density at radius 2 is 1.36 bits per heavy atom. The van der Waals surface area contributed by atoms with E-state index in [1.807, 2.05) is 32.9 Å². The first-order valence-corrected chi connectivity index (χ1v) is 14.0. The number of aliphatic hydroxyl groups is 1. The molecule has 0 aliphatic rings. The molecule has 2 aromatic rings. The van der Waals surface area contributed by atoms with E-state index in [1.54, 1.807) is 0 Å². The molecule has 0 aliphatic heterocycles. The SMILES string of the molecule is CC(C)(C)C(=O)OCCCCC[C@H](O)CO[Si](c1ccccc1)(c1ccccc1)C(C)(C)C. The minimum Gasteiger partial charge on any atom is -0.465 e. The molecule has 0 saturated heterocycles. The van der Waals surface area contributed by atoms with Crippen LogP contribution in [0.1, 0.15) is 67.2 Å². The molecule has 0 unspecified atom stereocenters. The molecule has 1 atom stereocenters. The van der Waals surface area contributed by atoms with E-state index >= 15 is 0 Å². The van der Waals surface area contributed by atoms with Gasteiger partial charge in [0, 0.05) is 0 Å². The Morgan fingerprint density at radius 3 is 1.82 bits per heavy atom. The van der Waals surface area contributed by atoms with Crippen molar-refractivity contribution < 1.29 is 19.1 Å². The van der Waals surface area contributed by atoms with Crippen LogP contribution >= 0.6 is 0 Å². The van der Waals surface area contributed by atoms with Crippen LogP contribution in [0.4, 0.5) is 0 Å². The first kappa shape index (κ1) is 27.3. The van der Waals surface area contributed by atoms with Crippen molar-refractivity contribution in [3.8, 4) is 0 Å². The van der Waals surface area contributed by atoms with Gasteiger partial charge in [0.1, 0.15) is 0 Å². The van der Waals surface area contributed by atoms with E-state index in [4.69, 9.17) is 9.16 Å². The summed E-state index contributed by atoms with van der Waals surface area (Å²) in [5.74, 6) is -0.166. The van der Waals surface area contributed by atoms with Crippen LogP contribution in [0.15, 0.2) is 60.7 Å². The molecule has 4 nitrogen and oxygen atoms in total. The van der Waals surface area contributed by atoms with Crippen LogP contribution in [0.3, 0.4) is 0 Å². The van der Waals surface area contributed by atoms with E-state index < -0.39 is 19.8 Å². The normalized spacial score (nSPS) is 13.5. The standard InChI is InChI=1S/C28H42O4Si/c1-27(2,3)26(30)31-21-15-9-10-16-23(29)22-32-33(28(4,5)6,24-17-11-7-12-18-24)25-19-13-8-14-20-25/h7-8,11-14,17-20,23,29H,9-10,15-16,21-22H2,1-6H3/t23-/m0/s1. The highest BCUT2D eigenvalue weighted by atomic mass is 28.4. The largest absolute Gasteiger partial charge is 0.465 e. The van der Waals surface area contributed by atoms with Crippen molar-refractivity contribution >= 4 is 24.7 Å². The number of carbonyl (C=O) groups excluding carboxylic acids is 1. The topological polar surface area (TPSA) is 55.8 Å². The van der Waals surface area contributed by atoms with Crippen molar-refractivity contribution in [1.29, 1.82) is 0 Å². The van der Waals surface area contributed by atoms with Gasteiger partial charge in [-0.2, -0.15) is 0 Å². The molecule has 0 heterocycles. The fraction of sp³-hybridized carbons (Fsp3) is 0.536. The highest BCUT2D eigenvalue weighted by molar-refractivity contribution is 6.99. The second-order valence-electron chi connectivity index (χ2n) is 10.9. The van der Waals surface area contributed by atoms with Crippen LogP contribution in [0.5, 0.6) is 0 Å². The van der Waals surface area contributed by atoms with Gasteiger partial charge >= 0.3 is 5.97 Å². The summed E-state index contributed by atoms with van der Waals surface area (Å²) in [7, 11) is -2.62. The lowest BCUT2D eigenvalue weighted by atomic mass is 9.97. The van der Waals surface area contributed by atoms with Crippen LogP contribution in [0, 0.1) is 5.41 Å². The summed E-state index contributed by atoms with van der Waals surface area (Å²) in [6.07, 6.45) is 2.74. The predicted octanol–water partition coefficient (Wildman–Crippen LogP) is 5.07. The maximum Gasteiger partial charge on any atom is 0.311 e. The molecule has 0 fully saturated rings. The summed E-state index contributed by atoms with van der Waals surface area (Å²) in [6, 6.07) is 21.0. The van der Waals surface area contributed by atoms with E-state index in [-0.39, 0.29) is 11.0 Å². The molecule has 0 bridgehead atoms. The lowest BCUT2D eigenvalue weighted by molar-refractivity contribution is -0.153. The summed E-state index contributed by atoms with van der Waals surface area (Å²) in [4.78, 5) is 11.8. The minimum atomic E-state index is -2.62. The molecule has 0 radical (unpaired) electrons. The maximum absolute atomic E-state index is 11.8. The third-order valence-electron chi connectivity index (χ3n) is 5.94. The fourth-order valence-corrected chi connectivity index (χ4v) is 8.70. The summed E-state index contributed by atoms with van der Waals surface area (Å²) in [5.41, 5.74) is -0.464. The molecule has 5 heteroatoms. The zero-order valence-corrected chi connectivity index (χ0v) is 22.3. The highest BCUT2D eigenvalue weighted by Gasteiger charge is 2.50. The quantitative estimate of drug-likeness (QED) is 0.283. The Kier molecular flexibility index (Phi) is 9.89. The Bertz CT molecular complexity index is 798. The first-order valence-electron chi connectivity index (χ1n) is 12.1. The summed E-state index contributed by atoms with van der Waals surface area (Å²) in [6.45, 7) is 13.0. The smallest absolute Gasteiger partial charge is 0.311 e. The van der Waals surface area contributed by atoms with Gasteiger partial charge in [0.2, 0.25) is 0 Å². The van der Waals surface area contributed by atoms with E-state index in [9.17, 15) is 9.90 Å². The molecular weight excluding hydrogens is 428 g/mol. The Hall–Kier alpha value is -1.95. The van der Waals surface area contributed by atoms with Gasteiger partial charge in [0.15, 0.2) is 0 Å². The molecular formula is C28H42O4Si. The maximum atomic E-state index is 11.8. The van der Waals surface area contributed by atoms with Gasteiger partial charge in [-0.25, -0.2) is 0 Å². The number of esters is 1. The van der Waals surface area contributed by atoms with Gasteiger partial charge in [0.05, 0.1) is 24.7 Å². The number of hydrogen-bond acceptors (Lipinski definition) is 4. The summed E-state index contributed by atoms with van der Waals surface area (Å²) < 4.78 is 12.1. The van der Waals surface area contributed by atoms with Gasteiger partial charge in [0.25, 0.3) is 8.32 Å². The van der Waals surface area contributed by atoms with E-state index in [0.717, 1.165) is 19.3 Å². The van der Waals surface area contributed by atoms with E-state index in [0.29, 0.717) is 19.6 Å². The molecule has 0 amide bonds. The molecule has 1 N–H and O–H groups in total. The molecule has 33 heavy (non-hydrogen) atoms. The second-order valence-corrected chi connectivity index (χ2v) is 15.2. The van der Waals surface area contributed by atoms with Gasteiger partial charge < -0.3 is 14.3 Å². The van der Waals surface area contributed by atoms with Gasteiger partial charge in [-0.15, -0.1) is 0 Å². The molecule has 182 valence electrons. The number of rotatable bonds is 11. The average Bonchev–Trinajstić information content (AvgIpc) is 2.76. The molecule has 2 rings (SSSR count). The van der Waals surface area contributed by atoms with E-state index in [2.05, 4.69) is 69.3 Å². The van der Waals surface area contributed by atoms with Crippen molar-refractivity contribution in [2.75, 3.05) is 13.2 Å². The lowest BCUT2D eigenvalue weighted by Gasteiger charge is -2.43. The van der Waals surface area contributed by atoms with Crippen LogP contribution in [-0.2, 0) is 14.0 Å². The zero-order chi connectivity index (χ0) is 24.5. The Morgan fingerprint density at radius 1 is 0.848 bits per heavy atom. The predicted molar refractivity (Wildman–Crippen MR) is 138 cm³/mol. The fourth-order valence-electron chi connectivity index (χ4n) is 4.11. The summed E-state index contributed by atoms with van der Waals surface area (Å²) in [5, 5.41) is 13.1. The third-order valence-corrected chi connectivity index (χ3v) is 10.9. The number of aliphatic hydroxyl groups excluding tert-OH is 1. The number of unbranched alkanes of at least 4 members (excludes halogenated alkanes) is 2. The van der Waals surface area contributed by atoms with Crippen LogP contribution in [0.2, 0.25) is 5.04 Å². The average molecular weight is 471 g/mol. The van der Waals surface area contributed by atoms with Crippen molar-refractivity contribution in [3.05, 3.63) is 60.7 Å². The molecule has 0 saturated carbocycles. The number of hydrogen-bond donors (Lipinski definition) is 1. The number of carbonyl (C=O) groups is 1. The zero-order valence-electron chi connectivity index (χ0n) is 21.3. The van der Waals surface area contributed by atoms with Gasteiger partial charge in [-0.1, -0.05) is 87.9 Å². The van der Waals surface area contributed by atoms with Crippen LogP contribution < -0.4 is 10.4 Å². The van der Waals surface area contributed by atoms with Gasteiger partial charge in [-0.05, 0) is 55.4 Å². The lowest BCUT2D eigenvalue weighted by Crippen LogP contribution is -2.67. The minimum absolute atomic E-state index is 0.105. The van der Waals surface area contributed by atoms with Crippen LogP contribution in [0.25, 0.3) is 0 Å². The van der Waals surface area contributed by atoms with Crippen molar-refractivity contribution in [1.82, 2.24) is 0 Å². The van der Waals surface area contributed by atoms with Gasteiger partial charge in [-0.3, -0.25) is 4.79 Å². The van der Waals surface area contributed by atoms with Crippen molar-refractivity contribution in [3.63, 3.8) is 0 Å². The number of ether oxygens (including phenoxy) is 1.